The summed E-state index contributed by atoms with van der Waals surface area (Å²) < 4.78 is 10.5. The molecule has 0 aliphatic heterocycles. The molecule has 0 amide bonds. The fourth-order valence-electron chi connectivity index (χ4n) is 2.71. The molecule has 0 radical (unpaired) electrons. The van der Waals surface area contributed by atoms with Crippen LogP contribution in [0.2, 0.25) is 0 Å². The minimum absolute atomic E-state index is 0.148. The molecule has 132 valence electrons. The maximum absolute atomic E-state index is 12.2. The summed E-state index contributed by atoms with van der Waals surface area (Å²) in [6.07, 6.45) is 1.20. The van der Waals surface area contributed by atoms with Crippen LogP contribution in [0, 0.1) is 12.1 Å². The highest BCUT2D eigenvalue weighted by Crippen LogP contribution is 2.24. The summed E-state index contributed by atoms with van der Waals surface area (Å²) in [5, 5.41) is 12.5. The van der Waals surface area contributed by atoms with Crippen molar-refractivity contribution in [2.75, 3.05) is 7.11 Å². The maximum Gasteiger partial charge on any atom is 0.405 e. The molecule has 1 aromatic carbocycles. The first-order valence-corrected chi connectivity index (χ1v) is 7.84. The SMILES string of the molecule is COC(=O)c1c(COC(=O)c2cccc[n+]2[O-])nc2ccccc2c1C. The van der Waals surface area contributed by atoms with Crippen molar-refractivity contribution >= 4 is 22.8 Å². The van der Waals surface area contributed by atoms with Gasteiger partial charge in [0.05, 0.1) is 23.9 Å². The first kappa shape index (κ1) is 17.3. The number of para-hydroxylation sites is 1. The number of aryl methyl sites for hydroxylation is 1. The Kier molecular flexibility index (Phi) is 4.79. The number of hydrogen-bond donors (Lipinski definition) is 0. The van der Waals surface area contributed by atoms with Gasteiger partial charge in [-0.1, -0.05) is 18.2 Å². The summed E-state index contributed by atoms with van der Waals surface area (Å²) in [6.45, 7) is 1.52. The predicted molar refractivity (Wildman–Crippen MR) is 92.3 cm³/mol. The predicted octanol–water partition coefficient (Wildman–Crippen LogP) is 2.32. The number of aromatic nitrogens is 2. The average Bonchev–Trinajstić information content (AvgIpc) is 2.66. The monoisotopic (exact) mass is 352 g/mol. The quantitative estimate of drug-likeness (QED) is 0.406. The molecule has 0 bridgehead atoms. The maximum atomic E-state index is 12.2. The molecule has 0 saturated carbocycles. The van der Waals surface area contributed by atoms with Gasteiger partial charge in [0.15, 0.2) is 6.20 Å². The normalized spacial score (nSPS) is 10.5. The number of fused-ring (bicyclic) bond motifs is 1. The van der Waals surface area contributed by atoms with Crippen LogP contribution in [0.15, 0.2) is 48.7 Å². The van der Waals surface area contributed by atoms with Crippen molar-refractivity contribution in [2.24, 2.45) is 0 Å². The third kappa shape index (κ3) is 3.19. The molecule has 0 aliphatic carbocycles. The van der Waals surface area contributed by atoms with Crippen LogP contribution in [0.5, 0.6) is 0 Å². The lowest BCUT2D eigenvalue weighted by molar-refractivity contribution is -0.608. The van der Waals surface area contributed by atoms with Crippen LogP contribution in [0.3, 0.4) is 0 Å². The molecule has 26 heavy (non-hydrogen) atoms. The smallest absolute Gasteiger partial charge is 0.405 e. The summed E-state index contributed by atoms with van der Waals surface area (Å²) in [6, 6.07) is 11.8. The first-order valence-electron chi connectivity index (χ1n) is 7.84. The second-order valence-electron chi connectivity index (χ2n) is 5.56. The van der Waals surface area contributed by atoms with Crippen molar-refractivity contribution in [3.8, 4) is 0 Å². The lowest BCUT2D eigenvalue weighted by Crippen LogP contribution is -2.34. The average molecular weight is 352 g/mol. The van der Waals surface area contributed by atoms with Gasteiger partial charge in [0.2, 0.25) is 0 Å². The number of benzene rings is 1. The fraction of sp³-hybridized carbons (Fsp3) is 0.158. The molecule has 0 saturated heterocycles. The molecule has 7 heteroatoms. The summed E-state index contributed by atoms with van der Waals surface area (Å²) in [4.78, 5) is 28.8. The molecule has 0 spiro atoms. The molecule has 0 unspecified atom stereocenters. The molecule has 0 fully saturated rings. The van der Waals surface area contributed by atoms with Crippen LogP contribution >= 0.6 is 0 Å². The summed E-state index contributed by atoms with van der Waals surface area (Å²) in [5.74, 6) is -1.37. The van der Waals surface area contributed by atoms with Crippen molar-refractivity contribution in [3.05, 3.63) is 76.4 Å². The Morgan fingerprint density at radius 2 is 1.85 bits per heavy atom. The van der Waals surface area contributed by atoms with Crippen LogP contribution in [-0.4, -0.2) is 24.0 Å². The Hall–Kier alpha value is -3.48. The third-order valence-corrected chi connectivity index (χ3v) is 3.99. The number of rotatable bonds is 4. The Morgan fingerprint density at radius 3 is 2.58 bits per heavy atom. The van der Waals surface area contributed by atoms with Crippen LogP contribution in [0.25, 0.3) is 10.9 Å². The topological polar surface area (TPSA) is 92.4 Å². The van der Waals surface area contributed by atoms with Crippen molar-refractivity contribution < 1.29 is 23.8 Å². The van der Waals surface area contributed by atoms with Gasteiger partial charge in [-0.05, 0) is 24.6 Å². The largest absolute Gasteiger partial charge is 0.618 e. The second kappa shape index (κ2) is 7.18. The summed E-state index contributed by atoms with van der Waals surface area (Å²) in [5.41, 5.74) is 1.73. The lowest BCUT2D eigenvalue weighted by atomic mass is 10.0. The van der Waals surface area contributed by atoms with E-state index in [1.807, 2.05) is 18.2 Å². The molecule has 0 atom stereocenters. The van der Waals surface area contributed by atoms with E-state index in [2.05, 4.69) is 4.98 Å². The Balaban J connectivity index is 1.97. The van der Waals surface area contributed by atoms with Gasteiger partial charge in [0, 0.05) is 17.5 Å². The number of nitrogens with zero attached hydrogens (tertiary/aromatic N) is 2. The van der Waals surface area contributed by atoms with E-state index in [1.54, 1.807) is 19.1 Å². The van der Waals surface area contributed by atoms with E-state index in [1.165, 1.54) is 25.4 Å². The van der Waals surface area contributed by atoms with Gasteiger partial charge in [0.1, 0.15) is 6.61 Å². The van der Waals surface area contributed by atoms with Crippen molar-refractivity contribution in [3.63, 3.8) is 0 Å². The van der Waals surface area contributed by atoms with Gasteiger partial charge < -0.3 is 14.7 Å². The number of pyridine rings is 2. The van der Waals surface area contributed by atoms with Gasteiger partial charge in [-0.2, -0.15) is 4.73 Å². The highest BCUT2D eigenvalue weighted by Gasteiger charge is 2.22. The Bertz CT molecular complexity index is 1000. The van der Waals surface area contributed by atoms with Crippen LogP contribution < -0.4 is 4.73 Å². The van der Waals surface area contributed by atoms with Crippen LogP contribution in [-0.2, 0) is 16.1 Å². The fourth-order valence-corrected chi connectivity index (χ4v) is 2.71. The number of ether oxygens (including phenoxy) is 2. The van der Waals surface area contributed by atoms with E-state index in [0.29, 0.717) is 15.8 Å². The van der Waals surface area contributed by atoms with E-state index >= 15 is 0 Å². The van der Waals surface area contributed by atoms with Crippen LogP contribution in [0.1, 0.15) is 32.1 Å². The first-order chi connectivity index (χ1) is 12.5. The van der Waals surface area contributed by atoms with E-state index in [9.17, 15) is 14.8 Å². The van der Waals surface area contributed by atoms with Crippen molar-refractivity contribution in [1.82, 2.24) is 4.98 Å². The molecule has 2 heterocycles. The number of carbonyl (C=O) groups excluding carboxylic acids is 2. The Labute approximate surface area is 149 Å². The van der Waals surface area contributed by atoms with Gasteiger partial charge in [-0.3, -0.25) is 0 Å². The zero-order chi connectivity index (χ0) is 18.7. The Morgan fingerprint density at radius 1 is 1.12 bits per heavy atom. The minimum atomic E-state index is -0.802. The van der Waals surface area contributed by atoms with Gasteiger partial charge >= 0.3 is 17.6 Å². The summed E-state index contributed by atoms with van der Waals surface area (Å²) >= 11 is 0. The molecule has 7 nitrogen and oxygen atoms in total. The highest BCUT2D eigenvalue weighted by atomic mass is 16.5. The zero-order valence-corrected chi connectivity index (χ0v) is 14.3. The number of esters is 2. The number of carbonyl (C=O) groups is 2. The molecule has 3 rings (SSSR count). The standard InChI is InChI=1S/C19H16N2O5/c1-12-13-7-3-4-8-14(13)20-15(17(12)19(23)25-2)11-26-18(22)16-9-5-6-10-21(16)24/h3-10H,11H2,1-2H3. The van der Waals surface area contributed by atoms with Gasteiger partial charge in [-0.25, -0.2) is 14.6 Å². The molecular weight excluding hydrogens is 336 g/mol. The second-order valence-corrected chi connectivity index (χ2v) is 5.56. The molecular formula is C19H16N2O5. The van der Waals surface area contributed by atoms with Gasteiger partial charge in [0.25, 0.3) is 0 Å². The minimum Gasteiger partial charge on any atom is -0.618 e. The number of hydrogen-bond acceptors (Lipinski definition) is 6. The van der Waals surface area contributed by atoms with Crippen molar-refractivity contribution in [1.29, 1.82) is 0 Å². The zero-order valence-electron chi connectivity index (χ0n) is 14.3. The van der Waals surface area contributed by atoms with Crippen LogP contribution in [0.4, 0.5) is 0 Å². The van der Waals surface area contributed by atoms with Gasteiger partial charge in [-0.15, -0.1) is 0 Å². The highest BCUT2D eigenvalue weighted by molar-refractivity contribution is 5.98. The summed E-state index contributed by atoms with van der Waals surface area (Å²) in [7, 11) is 1.27. The van der Waals surface area contributed by atoms with E-state index in [-0.39, 0.29) is 23.6 Å². The third-order valence-electron chi connectivity index (χ3n) is 3.99. The molecule has 0 N–H and O–H groups in total. The lowest BCUT2D eigenvalue weighted by Gasteiger charge is -2.13. The van der Waals surface area contributed by atoms with E-state index in [0.717, 1.165) is 5.39 Å². The molecule has 2 aromatic heterocycles. The van der Waals surface area contributed by atoms with E-state index in [4.69, 9.17) is 9.47 Å². The number of methoxy groups -OCH3 is 1. The molecule has 3 aromatic rings. The molecule has 0 aliphatic rings. The van der Waals surface area contributed by atoms with Crippen molar-refractivity contribution in [2.45, 2.75) is 13.5 Å². The van der Waals surface area contributed by atoms with E-state index < -0.39 is 11.9 Å².